The smallest absolute Gasteiger partial charge is 0.311 e. The molecule has 3 rings (SSSR count). The molecule has 1 fully saturated rings. The Balaban J connectivity index is 2.05. The number of nitrogen functional groups attached to an aromatic ring is 1. The van der Waals surface area contributed by atoms with Crippen LogP contribution in [0.15, 0.2) is 4.79 Å². The van der Waals surface area contributed by atoms with Gasteiger partial charge in [-0.25, -0.2) is 0 Å². The number of aromatic nitrogens is 3. The second-order valence-corrected chi connectivity index (χ2v) is 6.67. The summed E-state index contributed by atoms with van der Waals surface area (Å²) >= 11 is 0.838. The summed E-state index contributed by atoms with van der Waals surface area (Å²) in [4.78, 5) is 20.1. The number of nitrogens with two attached hydrogens (primary N) is 1. The number of aliphatic hydroxyl groups is 3. The molecule has 0 aromatic carbocycles. The van der Waals surface area contributed by atoms with E-state index in [1.807, 2.05) is 6.92 Å². The largest absolute Gasteiger partial charge is 0.476 e. The Kier molecular flexibility index (Phi) is 5.20. The van der Waals surface area contributed by atoms with Crippen molar-refractivity contribution in [3.8, 4) is 5.88 Å². The van der Waals surface area contributed by atoms with Gasteiger partial charge in [0.1, 0.15) is 23.0 Å². The van der Waals surface area contributed by atoms with E-state index in [0.29, 0.717) is 11.3 Å². The summed E-state index contributed by atoms with van der Waals surface area (Å²) in [6.45, 7) is 1.94. The third kappa shape index (κ3) is 3.20. The molecule has 11 heteroatoms. The van der Waals surface area contributed by atoms with Crippen molar-refractivity contribution in [1.82, 2.24) is 14.5 Å². The number of anilines is 1. The quantitative estimate of drug-likeness (QED) is 0.478. The molecule has 0 aliphatic carbocycles. The van der Waals surface area contributed by atoms with E-state index in [4.69, 9.17) is 15.2 Å². The van der Waals surface area contributed by atoms with Gasteiger partial charge in [0.25, 0.3) is 0 Å². The fraction of sp³-hybridized carbons (Fsp3) is 0.643. The third-order valence-electron chi connectivity index (χ3n) is 3.96. The lowest BCUT2D eigenvalue weighted by Crippen LogP contribution is -2.34. The van der Waals surface area contributed by atoms with Gasteiger partial charge in [-0.05, 0) is 6.42 Å². The maximum atomic E-state index is 12.4. The van der Waals surface area contributed by atoms with Crippen LogP contribution in [0.3, 0.4) is 0 Å². The van der Waals surface area contributed by atoms with Crippen LogP contribution in [0, 0.1) is 0 Å². The van der Waals surface area contributed by atoms with Crippen LogP contribution in [0.25, 0.3) is 10.3 Å². The highest BCUT2D eigenvalue weighted by molar-refractivity contribution is 7.16. The third-order valence-corrected chi connectivity index (χ3v) is 4.89. The lowest BCUT2D eigenvalue weighted by atomic mass is 10.1. The van der Waals surface area contributed by atoms with Gasteiger partial charge in [0, 0.05) is 0 Å². The Morgan fingerprint density at radius 1 is 1.36 bits per heavy atom. The lowest BCUT2D eigenvalue weighted by Gasteiger charge is -2.16. The summed E-state index contributed by atoms with van der Waals surface area (Å²) in [7, 11) is 0. The molecule has 0 amide bonds. The van der Waals surface area contributed by atoms with Crippen molar-refractivity contribution in [1.29, 1.82) is 0 Å². The Labute approximate surface area is 146 Å². The number of ether oxygens (including phenoxy) is 2. The molecule has 138 valence electrons. The predicted molar refractivity (Wildman–Crippen MR) is 89.5 cm³/mol. The average molecular weight is 372 g/mol. The van der Waals surface area contributed by atoms with E-state index in [1.165, 1.54) is 0 Å². The Morgan fingerprint density at radius 2 is 2.12 bits per heavy atom. The van der Waals surface area contributed by atoms with Crippen LogP contribution in [-0.4, -0.2) is 61.4 Å². The molecule has 3 heterocycles. The standard InChI is InChI=1S/C14H20N4O6S/c1-2-3-4-23-11-9-10(16-13(15)17-11)18(14(22)25-9)12-8(21)7(20)6(5-19)24-12/h6-8,12,19-21H,2-5H2,1H3,(H2,15,16,17)/t6-,7-,8-,12-/m1/s1. The number of hydrogen-bond donors (Lipinski definition) is 4. The number of nitrogens with zero attached hydrogens (tertiary/aromatic N) is 3. The SMILES string of the molecule is CCCCOc1nc(N)nc2c1sc(=O)n2[C@@H]1O[C@H](CO)[C@@H](O)[C@H]1O. The zero-order valence-electron chi connectivity index (χ0n) is 13.5. The van der Waals surface area contributed by atoms with E-state index in [9.17, 15) is 20.1 Å². The number of hydrogen-bond acceptors (Lipinski definition) is 10. The van der Waals surface area contributed by atoms with E-state index >= 15 is 0 Å². The van der Waals surface area contributed by atoms with Gasteiger partial charge in [-0.3, -0.25) is 9.36 Å². The van der Waals surface area contributed by atoms with Gasteiger partial charge in [0.15, 0.2) is 11.9 Å². The molecule has 4 atom stereocenters. The van der Waals surface area contributed by atoms with Crippen molar-refractivity contribution in [2.24, 2.45) is 0 Å². The highest BCUT2D eigenvalue weighted by Gasteiger charge is 2.45. The van der Waals surface area contributed by atoms with Crippen LogP contribution in [0.4, 0.5) is 5.95 Å². The molecule has 0 saturated carbocycles. The summed E-state index contributed by atoms with van der Waals surface area (Å²) < 4.78 is 12.5. The Hall–Kier alpha value is -1.79. The number of rotatable bonds is 6. The maximum Gasteiger partial charge on any atom is 0.311 e. The minimum absolute atomic E-state index is 0.0858. The second kappa shape index (κ2) is 7.22. The first-order chi connectivity index (χ1) is 12.0. The lowest BCUT2D eigenvalue weighted by molar-refractivity contribution is -0.0518. The minimum atomic E-state index is -1.40. The van der Waals surface area contributed by atoms with E-state index in [0.717, 1.165) is 28.7 Å². The van der Waals surface area contributed by atoms with Crippen molar-refractivity contribution in [2.45, 2.75) is 44.3 Å². The highest BCUT2D eigenvalue weighted by atomic mass is 32.1. The fourth-order valence-electron chi connectivity index (χ4n) is 2.64. The summed E-state index contributed by atoms with van der Waals surface area (Å²) in [5, 5.41) is 29.3. The zero-order chi connectivity index (χ0) is 18.1. The van der Waals surface area contributed by atoms with Gasteiger partial charge >= 0.3 is 4.87 Å². The van der Waals surface area contributed by atoms with Gasteiger partial charge in [-0.1, -0.05) is 24.7 Å². The topological polar surface area (TPSA) is 153 Å². The van der Waals surface area contributed by atoms with Crippen LogP contribution < -0.4 is 15.3 Å². The monoisotopic (exact) mass is 372 g/mol. The first-order valence-corrected chi connectivity index (χ1v) is 8.73. The van der Waals surface area contributed by atoms with Gasteiger partial charge in [-0.15, -0.1) is 0 Å². The Morgan fingerprint density at radius 3 is 2.76 bits per heavy atom. The second-order valence-electron chi connectivity index (χ2n) is 5.71. The molecule has 0 spiro atoms. The summed E-state index contributed by atoms with van der Waals surface area (Å²) in [5.41, 5.74) is 5.87. The summed E-state index contributed by atoms with van der Waals surface area (Å²) in [5.74, 6) is 0.112. The van der Waals surface area contributed by atoms with Crippen molar-refractivity contribution in [2.75, 3.05) is 18.9 Å². The molecule has 25 heavy (non-hydrogen) atoms. The molecule has 2 aromatic heterocycles. The van der Waals surface area contributed by atoms with Gasteiger partial charge in [0.2, 0.25) is 11.8 Å². The Bertz CT molecular complexity index is 808. The molecule has 10 nitrogen and oxygen atoms in total. The fourth-order valence-corrected chi connectivity index (χ4v) is 3.53. The van der Waals surface area contributed by atoms with Gasteiger partial charge in [0.05, 0.1) is 13.2 Å². The summed E-state index contributed by atoms with van der Waals surface area (Å²) in [6.07, 6.45) is -3.16. The molecule has 0 unspecified atom stereocenters. The number of thiazole rings is 1. The zero-order valence-corrected chi connectivity index (χ0v) is 14.3. The number of fused-ring (bicyclic) bond motifs is 1. The molecular weight excluding hydrogens is 352 g/mol. The predicted octanol–water partition coefficient (Wildman–Crippen LogP) is -0.774. The van der Waals surface area contributed by atoms with Crippen LogP contribution in [0.1, 0.15) is 26.0 Å². The molecule has 2 aromatic rings. The highest BCUT2D eigenvalue weighted by Crippen LogP contribution is 2.34. The van der Waals surface area contributed by atoms with Gasteiger partial charge in [-0.2, -0.15) is 9.97 Å². The number of aliphatic hydroxyl groups excluding tert-OH is 3. The van der Waals surface area contributed by atoms with Crippen molar-refractivity contribution < 1.29 is 24.8 Å². The summed E-state index contributed by atoms with van der Waals surface area (Å²) in [6, 6.07) is 0. The van der Waals surface area contributed by atoms with Crippen LogP contribution in [-0.2, 0) is 4.74 Å². The minimum Gasteiger partial charge on any atom is -0.476 e. The van der Waals surface area contributed by atoms with E-state index < -0.39 is 36.0 Å². The van der Waals surface area contributed by atoms with Crippen LogP contribution >= 0.6 is 11.3 Å². The van der Waals surface area contributed by atoms with Crippen LogP contribution in [0.5, 0.6) is 5.88 Å². The first kappa shape index (κ1) is 18.0. The van der Waals surface area contributed by atoms with Crippen LogP contribution in [0.2, 0.25) is 0 Å². The first-order valence-electron chi connectivity index (χ1n) is 7.91. The molecular formula is C14H20N4O6S. The van der Waals surface area contributed by atoms with Crippen molar-refractivity contribution in [3.05, 3.63) is 9.67 Å². The van der Waals surface area contributed by atoms with E-state index in [1.54, 1.807) is 0 Å². The molecule has 0 bridgehead atoms. The average Bonchev–Trinajstić information content (AvgIpc) is 3.05. The van der Waals surface area contributed by atoms with Gasteiger partial charge < -0.3 is 30.5 Å². The van der Waals surface area contributed by atoms with Crippen molar-refractivity contribution >= 4 is 27.6 Å². The molecule has 1 aliphatic heterocycles. The molecule has 1 saturated heterocycles. The molecule has 5 N–H and O–H groups in total. The van der Waals surface area contributed by atoms with Crippen molar-refractivity contribution in [3.63, 3.8) is 0 Å². The molecule has 1 aliphatic rings. The normalized spacial score (nSPS) is 26.4. The van der Waals surface area contributed by atoms with E-state index in [-0.39, 0.29) is 17.5 Å². The van der Waals surface area contributed by atoms with E-state index in [2.05, 4.69) is 9.97 Å². The number of unbranched alkanes of at least 4 members (excludes halogenated alkanes) is 1. The maximum absolute atomic E-state index is 12.4. The molecule has 0 radical (unpaired) electrons.